The van der Waals surface area contributed by atoms with Crippen LogP contribution >= 0.6 is 0 Å². The molecule has 2 rings (SSSR count). The number of nitrogens with zero attached hydrogens (tertiary/aromatic N) is 3. The largest absolute Gasteiger partial charge is 0.391 e. The van der Waals surface area contributed by atoms with Crippen molar-refractivity contribution in [2.45, 2.75) is 18.9 Å². The maximum atomic E-state index is 11.0. The van der Waals surface area contributed by atoms with E-state index in [0.29, 0.717) is 30.8 Å². The second-order valence-electron chi connectivity index (χ2n) is 4.31. The monoisotopic (exact) mass is 247 g/mol. The van der Waals surface area contributed by atoms with Crippen LogP contribution in [-0.4, -0.2) is 29.2 Å². The molecule has 6 heteroatoms. The molecule has 0 saturated carbocycles. The van der Waals surface area contributed by atoms with Crippen LogP contribution in [0.1, 0.15) is 18.4 Å². The van der Waals surface area contributed by atoms with Crippen LogP contribution in [0.3, 0.4) is 0 Å². The SMILES string of the molecule is N#Cc1ccc([N+](=O)[O-])c(N2CCCC(O)C2)c1. The van der Waals surface area contributed by atoms with Crippen molar-refractivity contribution in [3.05, 3.63) is 33.9 Å². The van der Waals surface area contributed by atoms with Gasteiger partial charge in [0.25, 0.3) is 5.69 Å². The number of aliphatic hydroxyl groups excluding tert-OH is 1. The second-order valence-corrected chi connectivity index (χ2v) is 4.31. The lowest BCUT2D eigenvalue weighted by atomic mass is 10.1. The number of rotatable bonds is 2. The van der Waals surface area contributed by atoms with Crippen molar-refractivity contribution in [3.8, 4) is 6.07 Å². The predicted octanol–water partition coefficient (Wildman–Crippen LogP) is 1.43. The van der Waals surface area contributed by atoms with Crippen LogP contribution in [-0.2, 0) is 0 Å². The molecule has 0 aromatic heterocycles. The fourth-order valence-electron chi connectivity index (χ4n) is 2.17. The van der Waals surface area contributed by atoms with Gasteiger partial charge < -0.3 is 10.0 Å². The molecule has 1 heterocycles. The average Bonchev–Trinajstić information content (AvgIpc) is 2.38. The number of hydrogen-bond acceptors (Lipinski definition) is 5. The lowest BCUT2D eigenvalue weighted by molar-refractivity contribution is -0.384. The molecule has 0 amide bonds. The Morgan fingerprint density at radius 2 is 2.33 bits per heavy atom. The minimum atomic E-state index is -0.468. The highest BCUT2D eigenvalue weighted by Gasteiger charge is 2.24. The summed E-state index contributed by atoms with van der Waals surface area (Å²) in [7, 11) is 0. The van der Waals surface area contributed by atoms with Crippen LogP contribution in [0.2, 0.25) is 0 Å². The minimum Gasteiger partial charge on any atom is -0.391 e. The molecule has 1 aliphatic rings. The lowest BCUT2D eigenvalue weighted by Gasteiger charge is -2.31. The highest BCUT2D eigenvalue weighted by Crippen LogP contribution is 2.31. The normalized spacial score (nSPS) is 19.3. The Labute approximate surface area is 104 Å². The van der Waals surface area contributed by atoms with E-state index in [9.17, 15) is 15.2 Å². The molecule has 1 atom stereocenters. The molecule has 1 unspecified atom stereocenters. The van der Waals surface area contributed by atoms with Gasteiger partial charge >= 0.3 is 0 Å². The summed E-state index contributed by atoms with van der Waals surface area (Å²) in [6.07, 6.45) is 1.03. The van der Waals surface area contributed by atoms with E-state index in [1.54, 1.807) is 4.90 Å². The van der Waals surface area contributed by atoms with Crippen molar-refractivity contribution in [2.75, 3.05) is 18.0 Å². The summed E-state index contributed by atoms with van der Waals surface area (Å²) in [5.41, 5.74) is 0.775. The summed E-state index contributed by atoms with van der Waals surface area (Å²) in [6.45, 7) is 1.03. The fourth-order valence-corrected chi connectivity index (χ4v) is 2.17. The number of benzene rings is 1. The Morgan fingerprint density at radius 3 is 2.94 bits per heavy atom. The van der Waals surface area contributed by atoms with E-state index in [1.807, 2.05) is 6.07 Å². The maximum Gasteiger partial charge on any atom is 0.292 e. The summed E-state index contributed by atoms with van der Waals surface area (Å²) < 4.78 is 0. The molecule has 1 aliphatic heterocycles. The van der Waals surface area contributed by atoms with Gasteiger partial charge in [0, 0.05) is 19.2 Å². The Morgan fingerprint density at radius 1 is 1.56 bits per heavy atom. The van der Waals surface area contributed by atoms with Gasteiger partial charge in [-0.1, -0.05) is 0 Å². The number of anilines is 1. The highest BCUT2D eigenvalue weighted by molar-refractivity contribution is 5.66. The van der Waals surface area contributed by atoms with Crippen LogP contribution in [0.25, 0.3) is 0 Å². The first kappa shape index (κ1) is 12.3. The first-order valence-electron chi connectivity index (χ1n) is 5.73. The highest BCUT2D eigenvalue weighted by atomic mass is 16.6. The maximum absolute atomic E-state index is 11.0. The van der Waals surface area contributed by atoms with Gasteiger partial charge in [-0.3, -0.25) is 10.1 Å². The summed E-state index contributed by atoms with van der Waals surface area (Å²) in [5.74, 6) is 0. The number of aliphatic hydroxyl groups is 1. The molecule has 0 spiro atoms. The molecular formula is C12H13N3O3. The molecule has 1 aromatic rings. The Balaban J connectivity index is 2.40. The van der Waals surface area contributed by atoms with Crippen molar-refractivity contribution in [1.82, 2.24) is 0 Å². The van der Waals surface area contributed by atoms with Gasteiger partial charge in [-0.2, -0.15) is 5.26 Å². The van der Waals surface area contributed by atoms with E-state index < -0.39 is 11.0 Å². The number of hydrogen-bond donors (Lipinski definition) is 1. The average molecular weight is 247 g/mol. The van der Waals surface area contributed by atoms with Crippen molar-refractivity contribution in [3.63, 3.8) is 0 Å². The minimum absolute atomic E-state index is 0.0249. The summed E-state index contributed by atoms with van der Waals surface area (Å²) in [4.78, 5) is 12.3. The van der Waals surface area contributed by atoms with E-state index in [1.165, 1.54) is 18.2 Å². The van der Waals surface area contributed by atoms with Crippen LogP contribution in [0.4, 0.5) is 11.4 Å². The first-order chi connectivity index (χ1) is 8.61. The Kier molecular flexibility index (Phi) is 3.44. The summed E-state index contributed by atoms with van der Waals surface area (Å²) >= 11 is 0. The quantitative estimate of drug-likeness (QED) is 0.630. The fraction of sp³-hybridized carbons (Fsp3) is 0.417. The van der Waals surface area contributed by atoms with Crippen LogP contribution in [0.15, 0.2) is 18.2 Å². The number of β-amino-alcohol motifs (C(OH)–C–C–N with tert-alkyl or cyclic N) is 1. The zero-order valence-corrected chi connectivity index (χ0v) is 9.74. The molecule has 1 N–H and O–H groups in total. The van der Waals surface area contributed by atoms with E-state index in [2.05, 4.69) is 0 Å². The molecule has 1 saturated heterocycles. The zero-order valence-electron chi connectivity index (χ0n) is 9.74. The van der Waals surface area contributed by atoms with Gasteiger partial charge in [0.15, 0.2) is 0 Å². The molecule has 18 heavy (non-hydrogen) atoms. The summed E-state index contributed by atoms with van der Waals surface area (Å²) in [5, 5.41) is 29.5. The molecule has 1 fully saturated rings. The third-order valence-electron chi connectivity index (χ3n) is 3.04. The lowest BCUT2D eigenvalue weighted by Crippen LogP contribution is -2.38. The van der Waals surface area contributed by atoms with Crippen molar-refractivity contribution < 1.29 is 10.0 Å². The zero-order chi connectivity index (χ0) is 13.1. The van der Waals surface area contributed by atoms with Gasteiger partial charge in [0.1, 0.15) is 5.69 Å². The molecule has 6 nitrogen and oxygen atoms in total. The predicted molar refractivity (Wildman–Crippen MR) is 65.3 cm³/mol. The van der Waals surface area contributed by atoms with E-state index in [-0.39, 0.29) is 5.69 Å². The Hall–Kier alpha value is -2.13. The van der Waals surface area contributed by atoms with Crippen LogP contribution in [0, 0.1) is 21.4 Å². The van der Waals surface area contributed by atoms with Crippen LogP contribution in [0.5, 0.6) is 0 Å². The van der Waals surface area contributed by atoms with Crippen LogP contribution < -0.4 is 4.90 Å². The molecule has 0 radical (unpaired) electrons. The number of nitro groups is 1. The number of piperidine rings is 1. The van der Waals surface area contributed by atoms with Crippen molar-refractivity contribution in [2.24, 2.45) is 0 Å². The van der Waals surface area contributed by atoms with Gasteiger partial charge in [-0.25, -0.2) is 0 Å². The van der Waals surface area contributed by atoms with E-state index in [4.69, 9.17) is 5.26 Å². The second kappa shape index (κ2) is 5.02. The Bertz CT molecular complexity index is 510. The van der Waals surface area contributed by atoms with Crippen molar-refractivity contribution in [1.29, 1.82) is 5.26 Å². The van der Waals surface area contributed by atoms with Gasteiger partial charge in [0.2, 0.25) is 0 Å². The summed E-state index contributed by atoms with van der Waals surface area (Å²) in [6, 6.07) is 6.26. The van der Waals surface area contributed by atoms with E-state index >= 15 is 0 Å². The molecular weight excluding hydrogens is 234 g/mol. The molecule has 94 valence electrons. The van der Waals surface area contributed by atoms with E-state index in [0.717, 1.165) is 6.42 Å². The topological polar surface area (TPSA) is 90.4 Å². The van der Waals surface area contributed by atoms with Gasteiger partial charge in [-0.15, -0.1) is 0 Å². The first-order valence-corrected chi connectivity index (χ1v) is 5.73. The number of nitriles is 1. The van der Waals surface area contributed by atoms with Crippen molar-refractivity contribution >= 4 is 11.4 Å². The standard InChI is InChI=1S/C12H13N3O3/c13-7-9-3-4-11(15(17)18)12(6-9)14-5-1-2-10(16)8-14/h3-4,6,10,16H,1-2,5,8H2. The third-order valence-corrected chi connectivity index (χ3v) is 3.04. The number of nitro benzene ring substituents is 1. The molecule has 1 aromatic carbocycles. The smallest absolute Gasteiger partial charge is 0.292 e. The molecule has 0 aliphatic carbocycles. The third kappa shape index (κ3) is 2.41. The van der Waals surface area contributed by atoms with Gasteiger partial charge in [0.05, 0.1) is 22.7 Å². The van der Waals surface area contributed by atoms with Gasteiger partial charge in [-0.05, 0) is 25.0 Å². The molecule has 0 bridgehead atoms.